The number of aromatic nitrogens is 1. The molecule has 0 N–H and O–H groups in total. The number of oxazole rings is 1. The highest BCUT2D eigenvalue weighted by Crippen LogP contribution is 2.18. The molecular weight excluding hydrogens is 206 g/mol. The third kappa shape index (κ3) is 1.91. The summed E-state index contributed by atoms with van der Waals surface area (Å²) in [6, 6.07) is 5.10. The Morgan fingerprint density at radius 2 is 2.31 bits per heavy atom. The Labute approximate surface area is 93.2 Å². The van der Waals surface area contributed by atoms with Gasteiger partial charge in [-0.25, -0.2) is 9.78 Å². The van der Waals surface area contributed by atoms with E-state index >= 15 is 0 Å². The highest BCUT2D eigenvalue weighted by molar-refractivity contribution is 5.93. The van der Waals surface area contributed by atoms with Crippen LogP contribution in [-0.4, -0.2) is 18.1 Å². The van der Waals surface area contributed by atoms with Crippen LogP contribution in [0.4, 0.5) is 0 Å². The first-order valence-electron chi connectivity index (χ1n) is 5.22. The number of carbonyl (C=O) groups is 1. The van der Waals surface area contributed by atoms with E-state index in [0.717, 1.165) is 12.8 Å². The SMILES string of the molecule is CCCc1nc2cc(C(=O)OC)ccc2o1. The Kier molecular flexibility index (Phi) is 2.90. The summed E-state index contributed by atoms with van der Waals surface area (Å²) in [4.78, 5) is 15.6. The quantitative estimate of drug-likeness (QED) is 0.744. The second kappa shape index (κ2) is 4.35. The van der Waals surface area contributed by atoms with E-state index in [1.165, 1.54) is 7.11 Å². The van der Waals surface area contributed by atoms with Crippen molar-refractivity contribution in [3.8, 4) is 0 Å². The van der Waals surface area contributed by atoms with E-state index in [9.17, 15) is 4.79 Å². The second-order valence-electron chi connectivity index (χ2n) is 3.53. The van der Waals surface area contributed by atoms with Crippen LogP contribution in [-0.2, 0) is 11.2 Å². The summed E-state index contributed by atoms with van der Waals surface area (Å²) < 4.78 is 10.2. The number of benzene rings is 1. The van der Waals surface area contributed by atoms with Crippen LogP contribution in [0.25, 0.3) is 11.1 Å². The molecule has 0 unspecified atom stereocenters. The van der Waals surface area contributed by atoms with Gasteiger partial charge < -0.3 is 9.15 Å². The van der Waals surface area contributed by atoms with Gasteiger partial charge in [0.15, 0.2) is 11.5 Å². The summed E-state index contributed by atoms with van der Waals surface area (Å²) in [5, 5.41) is 0. The van der Waals surface area contributed by atoms with Crippen molar-refractivity contribution < 1.29 is 13.9 Å². The Morgan fingerprint density at radius 1 is 1.50 bits per heavy atom. The van der Waals surface area contributed by atoms with Gasteiger partial charge >= 0.3 is 5.97 Å². The van der Waals surface area contributed by atoms with Crippen molar-refractivity contribution >= 4 is 17.1 Å². The average molecular weight is 219 g/mol. The van der Waals surface area contributed by atoms with Gasteiger partial charge in [0.25, 0.3) is 0 Å². The van der Waals surface area contributed by atoms with Crippen molar-refractivity contribution in [3.63, 3.8) is 0 Å². The summed E-state index contributed by atoms with van der Waals surface area (Å²) in [6.45, 7) is 2.06. The van der Waals surface area contributed by atoms with Crippen LogP contribution >= 0.6 is 0 Å². The van der Waals surface area contributed by atoms with Crippen molar-refractivity contribution in [2.24, 2.45) is 0 Å². The minimum Gasteiger partial charge on any atom is -0.465 e. The molecule has 2 aromatic rings. The average Bonchev–Trinajstić information content (AvgIpc) is 2.69. The van der Waals surface area contributed by atoms with E-state index in [1.54, 1.807) is 18.2 Å². The monoisotopic (exact) mass is 219 g/mol. The largest absolute Gasteiger partial charge is 0.465 e. The number of nitrogens with zero attached hydrogens (tertiary/aromatic N) is 1. The van der Waals surface area contributed by atoms with E-state index in [-0.39, 0.29) is 5.97 Å². The predicted octanol–water partition coefficient (Wildman–Crippen LogP) is 2.57. The smallest absolute Gasteiger partial charge is 0.337 e. The zero-order valence-corrected chi connectivity index (χ0v) is 9.32. The molecule has 1 aromatic carbocycles. The van der Waals surface area contributed by atoms with Crippen LogP contribution in [0.1, 0.15) is 29.6 Å². The van der Waals surface area contributed by atoms with Crippen molar-refractivity contribution in [2.75, 3.05) is 7.11 Å². The number of ether oxygens (including phenoxy) is 1. The fraction of sp³-hybridized carbons (Fsp3) is 0.333. The van der Waals surface area contributed by atoms with E-state index in [1.807, 2.05) is 0 Å². The molecular formula is C12H13NO3. The Morgan fingerprint density at radius 3 is 3.00 bits per heavy atom. The van der Waals surface area contributed by atoms with E-state index < -0.39 is 0 Å². The standard InChI is InChI=1S/C12H13NO3/c1-3-4-11-13-9-7-8(12(14)15-2)5-6-10(9)16-11/h5-7H,3-4H2,1-2H3. The van der Waals surface area contributed by atoms with Crippen LogP contribution in [0, 0.1) is 0 Å². The van der Waals surface area contributed by atoms with Crippen molar-refractivity contribution in [1.29, 1.82) is 0 Å². The molecule has 0 atom stereocenters. The second-order valence-corrected chi connectivity index (χ2v) is 3.53. The molecule has 0 aliphatic carbocycles. The Balaban J connectivity index is 2.41. The van der Waals surface area contributed by atoms with Gasteiger partial charge in [-0.2, -0.15) is 0 Å². The normalized spacial score (nSPS) is 10.6. The van der Waals surface area contributed by atoms with E-state index in [4.69, 9.17) is 4.42 Å². The Bertz CT molecular complexity index is 516. The molecule has 0 bridgehead atoms. The minimum absolute atomic E-state index is 0.359. The number of carbonyl (C=O) groups excluding carboxylic acids is 1. The van der Waals surface area contributed by atoms with Gasteiger partial charge in [0.05, 0.1) is 12.7 Å². The molecule has 0 aliphatic heterocycles. The van der Waals surface area contributed by atoms with Gasteiger partial charge in [-0.1, -0.05) is 6.92 Å². The van der Waals surface area contributed by atoms with E-state index in [0.29, 0.717) is 22.6 Å². The summed E-state index contributed by atoms with van der Waals surface area (Å²) in [7, 11) is 1.36. The number of aryl methyl sites for hydroxylation is 1. The lowest BCUT2D eigenvalue weighted by molar-refractivity contribution is 0.0601. The highest BCUT2D eigenvalue weighted by Gasteiger charge is 2.10. The van der Waals surface area contributed by atoms with Gasteiger partial charge in [0, 0.05) is 6.42 Å². The molecule has 0 spiro atoms. The topological polar surface area (TPSA) is 52.3 Å². The van der Waals surface area contributed by atoms with Crippen LogP contribution in [0.2, 0.25) is 0 Å². The van der Waals surface area contributed by atoms with Gasteiger partial charge in [0.1, 0.15) is 5.52 Å². The fourth-order valence-electron chi connectivity index (χ4n) is 1.54. The van der Waals surface area contributed by atoms with Gasteiger partial charge in [-0.15, -0.1) is 0 Å². The molecule has 2 rings (SSSR count). The molecule has 1 heterocycles. The molecule has 84 valence electrons. The molecule has 0 saturated heterocycles. The molecule has 4 nitrogen and oxygen atoms in total. The lowest BCUT2D eigenvalue weighted by Gasteiger charge is -1.96. The van der Waals surface area contributed by atoms with Gasteiger partial charge in [-0.05, 0) is 24.6 Å². The molecule has 0 fully saturated rings. The van der Waals surface area contributed by atoms with Crippen LogP contribution in [0.3, 0.4) is 0 Å². The van der Waals surface area contributed by atoms with Crippen LogP contribution in [0.5, 0.6) is 0 Å². The first kappa shape index (κ1) is 10.7. The maximum atomic E-state index is 11.3. The number of esters is 1. The number of fused-ring (bicyclic) bond motifs is 1. The third-order valence-electron chi connectivity index (χ3n) is 2.32. The number of hydrogen-bond acceptors (Lipinski definition) is 4. The minimum atomic E-state index is -0.359. The predicted molar refractivity (Wildman–Crippen MR) is 59.3 cm³/mol. The number of methoxy groups -OCH3 is 1. The molecule has 0 amide bonds. The maximum Gasteiger partial charge on any atom is 0.337 e. The molecule has 0 saturated carbocycles. The van der Waals surface area contributed by atoms with Crippen molar-refractivity contribution in [3.05, 3.63) is 29.7 Å². The molecule has 0 aliphatic rings. The third-order valence-corrected chi connectivity index (χ3v) is 2.32. The first-order valence-corrected chi connectivity index (χ1v) is 5.22. The van der Waals surface area contributed by atoms with Crippen molar-refractivity contribution in [2.45, 2.75) is 19.8 Å². The summed E-state index contributed by atoms with van der Waals surface area (Å²) in [5.74, 6) is 0.349. The van der Waals surface area contributed by atoms with Gasteiger partial charge in [0.2, 0.25) is 0 Å². The van der Waals surface area contributed by atoms with Crippen LogP contribution in [0.15, 0.2) is 22.6 Å². The highest BCUT2D eigenvalue weighted by atomic mass is 16.5. The lowest BCUT2D eigenvalue weighted by atomic mass is 10.2. The van der Waals surface area contributed by atoms with Crippen LogP contribution < -0.4 is 0 Å². The molecule has 4 heteroatoms. The summed E-state index contributed by atoms with van der Waals surface area (Å²) in [6.07, 6.45) is 1.79. The lowest BCUT2D eigenvalue weighted by Crippen LogP contribution is -2.00. The van der Waals surface area contributed by atoms with Crippen molar-refractivity contribution in [1.82, 2.24) is 4.98 Å². The zero-order chi connectivity index (χ0) is 11.5. The Hall–Kier alpha value is -1.84. The maximum absolute atomic E-state index is 11.3. The number of rotatable bonds is 3. The summed E-state index contributed by atoms with van der Waals surface area (Å²) in [5.41, 5.74) is 1.90. The van der Waals surface area contributed by atoms with E-state index in [2.05, 4.69) is 16.6 Å². The summed E-state index contributed by atoms with van der Waals surface area (Å²) >= 11 is 0. The fourth-order valence-corrected chi connectivity index (χ4v) is 1.54. The zero-order valence-electron chi connectivity index (χ0n) is 9.32. The van der Waals surface area contributed by atoms with Gasteiger partial charge in [-0.3, -0.25) is 0 Å². The molecule has 1 aromatic heterocycles. The molecule has 16 heavy (non-hydrogen) atoms. The number of hydrogen-bond donors (Lipinski definition) is 0. The molecule has 0 radical (unpaired) electrons. The first-order chi connectivity index (χ1) is 7.74.